The van der Waals surface area contributed by atoms with Crippen molar-refractivity contribution in [2.45, 2.75) is 105 Å². The second-order valence-corrected chi connectivity index (χ2v) is 12.5. The minimum atomic E-state index is -0.0480. The van der Waals surface area contributed by atoms with Gasteiger partial charge in [0.1, 0.15) is 0 Å². The Morgan fingerprint density at radius 1 is 1.00 bits per heavy atom. The number of allylic oxidation sites excluding steroid dienone is 4. The third kappa shape index (κ3) is 3.66. The molecular formula is C29H48O. The Bertz CT molecular complexity index is 674. The highest BCUT2D eigenvalue weighted by Crippen LogP contribution is 2.66. The van der Waals surface area contributed by atoms with Gasteiger partial charge in [-0.15, -0.1) is 0 Å². The highest BCUT2D eigenvalue weighted by molar-refractivity contribution is 5.28. The zero-order valence-electron chi connectivity index (χ0n) is 20.7. The molecule has 3 saturated carbocycles. The minimum Gasteiger partial charge on any atom is -0.393 e. The lowest BCUT2D eigenvalue weighted by atomic mass is 9.47. The van der Waals surface area contributed by atoms with Gasteiger partial charge in [-0.25, -0.2) is 0 Å². The summed E-state index contributed by atoms with van der Waals surface area (Å²) in [6, 6.07) is 0. The van der Waals surface area contributed by atoms with E-state index in [9.17, 15) is 5.11 Å². The van der Waals surface area contributed by atoms with Crippen molar-refractivity contribution in [3.05, 3.63) is 23.8 Å². The molecule has 0 bridgehead atoms. The van der Waals surface area contributed by atoms with Crippen LogP contribution < -0.4 is 0 Å². The van der Waals surface area contributed by atoms with Crippen molar-refractivity contribution in [3.8, 4) is 0 Å². The first-order chi connectivity index (χ1) is 14.2. The molecule has 1 nitrogen and oxygen atoms in total. The third-order valence-electron chi connectivity index (χ3n) is 10.7. The standard InChI is InChI=1S/C29H48O/c1-7-21(19(2)3)9-8-20(4)25-12-13-26-24-11-10-22-18-23(30)14-16-28(22,5)27(24)15-17-29(25,26)6/h8-9,11,19-23,25-27,30H,7,10,12-18H2,1-6H3/t20-,21+,22-,23+,25-,26-,27+,28-,29-/m0/s1. The average Bonchev–Trinajstić information content (AvgIpc) is 3.06. The zero-order chi connectivity index (χ0) is 21.7. The predicted octanol–water partition coefficient (Wildman–Crippen LogP) is 7.80. The van der Waals surface area contributed by atoms with Crippen LogP contribution in [-0.2, 0) is 0 Å². The molecule has 0 radical (unpaired) electrons. The van der Waals surface area contributed by atoms with Gasteiger partial charge in [-0.1, -0.05) is 65.3 Å². The maximum atomic E-state index is 10.3. The normalized spacial score (nSPS) is 45.6. The first-order valence-corrected chi connectivity index (χ1v) is 13.3. The topological polar surface area (TPSA) is 20.2 Å². The molecule has 0 amide bonds. The van der Waals surface area contributed by atoms with Gasteiger partial charge in [-0.05, 0) is 110 Å². The first kappa shape index (κ1) is 22.6. The summed E-state index contributed by atoms with van der Waals surface area (Å²) in [6.45, 7) is 14.8. The van der Waals surface area contributed by atoms with Crippen LogP contribution >= 0.6 is 0 Å². The summed E-state index contributed by atoms with van der Waals surface area (Å²) in [4.78, 5) is 0. The maximum absolute atomic E-state index is 10.3. The fourth-order valence-corrected chi connectivity index (χ4v) is 8.68. The van der Waals surface area contributed by atoms with Gasteiger partial charge in [0, 0.05) is 0 Å². The first-order valence-electron chi connectivity index (χ1n) is 13.3. The molecule has 0 unspecified atom stereocenters. The molecule has 3 fully saturated rings. The van der Waals surface area contributed by atoms with Crippen molar-refractivity contribution in [2.24, 2.45) is 52.3 Å². The van der Waals surface area contributed by atoms with E-state index in [1.165, 1.54) is 44.9 Å². The molecule has 0 spiro atoms. The number of aliphatic hydroxyl groups is 1. The second-order valence-electron chi connectivity index (χ2n) is 12.5. The molecule has 0 aromatic heterocycles. The van der Waals surface area contributed by atoms with Gasteiger partial charge in [-0.2, -0.15) is 0 Å². The van der Waals surface area contributed by atoms with Crippen molar-refractivity contribution in [1.82, 2.24) is 0 Å². The summed E-state index contributed by atoms with van der Waals surface area (Å²) >= 11 is 0. The smallest absolute Gasteiger partial charge is 0.0543 e. The Morgan fingerprint density at radius 2 is 1.70 bits per heavy atom. The molecule has 9 atom stereocenters. The van der Waals surface area contributed by atoms with Gasteiger partial charge >= 0.3 is 0 Å². The van der Waals surface area contributed by atoms with Gasteiger partial charge in [0.2, 0.25) is 0 Å². The molecule has 0 saturated heterocycles. The van der Waals surface area contributed by atoms with Gasteiger partial charge in [0.05, 0.1) is 6.10 Å². The summed E-state index contributed by atoms with van der Waals surface area (Å²) in [6.07, 6.45) is 19.2. The molecule has 0 aromatic rings. The van der Waals surface area contributed by atoms with Crippen LogP contribution in [0.3, 0.4) is 0 Å². The van der Waals surface area contributed by atoms with E-state index in [-0.39, 0.29) is 6.10 Å². The molecular weight excluding hydrogens is 364 g/mol. The molecule has 4 aliphatic carbocycles. The number of hydrogen-bond acceptors (Lipinski definition) is 1. The van der Waals surface area contributed by atoms with Gasteiger partial charge in [0.25, 0.3) is 0 Å². The summed E-state index contributed by atoms with van der Waals surface area (Å²) in [5, 5.41) is 10.3. The number of hydrogen-bond donors (Lipinski definition) is 1. The molecule has 0 aliphatic heterocycles. The van der Waals surface area contributed by atoms with Crippen molar-refractivity contribution >= 4 is 0 Å². The number of rotatable bonds is 5. The van der Waals surface area contributed by atoms with Crippen LogP contribution in [0.15, 0.2) is 23.8 Å². The van der Waals surface area contributed by atoms with E-state index in [0.29, 0.717) is 22.7 Å². The Labute approximate surface area is 186 Å². The molecule has 1 N–H and O–H groups in total. The van der Waals surface area contributed by atoms with Crippen LogP contribution in [-0.4, -0.2) is 11.2 Å². The Kier molecular flexibility index (Phi) is 6.35. The quantitative estimate of drug-likeness (QED) is 0.457. The summed E-state index contributed by atoms with van der Waals surface area (Å²) in [5.41, 5.74) is 2.79. The van der Waals surface area contributed by atoms with Crippen molar-refractivity contribution in [1.29, 1.82) is 0 Å². The van der Waals surface area contributed by atoms with E-state index >= 15 is 0 Å². The van der Waals surface area contributed by atoms with Gasteiger partial charge < -0.3 is 5.11 Å². The molecule has 30 heavy (non-hydrogen) atoms. The number of aliphatic hydroxyl groups excluding tert-OH is 1. The van der Waals surface area contributed by atoms with Gasteiger partial charge in [-0.3, -0.25) is 0 Å². The van der Waals surface area contributed by atoms with E-state index in [0.717, 1.165) is 42.4 Å². The lowest BCUT2D eigenvalue weighted by Crippen LogP contribution is -2.49. The maximum Gasteiger partial charge on any atom is 0.0543 e. The molecule has 0 aromatic carbocycles. The minimum absolute atomic E-state index is 0.0480. The Morgan fingerprint density at radius 3 is 2.40 bits per heavy atom. The fourth-order valence-electron chi connectivity index (χ4n) is 8.68. The fraction of sp³-hybridized carbons (Fsp3) is 0.862. The van der Waals surface area contributed by atoms with E-state index in [1.807, 2.05) is 5.57 Å². The molecule has 170 valence electrons. The molecule has 4 aliphatic rings. The monoisotopic (exact) mass is 412 g/mol. The number of fused-ring (bicyclic) bond motifs is 5. The van der Waals surface area contributed by atoms with Crippen LogP contribution in [0, 0.1) is 52.3 Å². The van der Waals surface area contributed by atoms with Crippen LogP contribution in [0.5, 0.6) is 0 Å². The van der Waals surface area contributed by atoms with Crippen LogP contribution in [0.25, 0.3) is 0 Å². The van der Waals surface area contributed by atoms with E-state index in [4.69, 9.17) is 0 Å². The molecule has 4 rings (SSSR count). The Balaban J connectivity index is 1.53. The second kappa shape index (κ2) is 8.42. The van der Waals surface area contributed by atoms with Crippen LogP contribution in [0.2, 0.25) is 0 Å². The van der Waals surface area contributed by atoms with E-state index in [1.54, 1.807) is 0 Å². The SMILES string of the molecule is CC[C@H](C=C[C@H](C)[C@@H]1CC[C@H]2C3=CC[C@H]4C[C@H](O)CC[C@]4(C)[C@@H]3CC[C@]21C)C(C)C. The van der Waals surface area contributed by atoms with Crippen LogP contribution in [0.1, 0.15) is 99.3 Å². The predicted molar refractivity (Wildman–Crippen MR) is 128 cm³/mol. The summed E-state index contributed by atoms with van der Waals surface area (Å²) in [7, 11) is 0. The molecule has 0 heterocycles. The highest BCUT2D eigenvalue weighted by Gasteiger charge is 2.57. The van der Waals surface area contributed by atoms with Crippen molar-refractivity contribution in [2.75, 3.05) is 0 Å². The zero-order valence-corrected chi connectivity index (χ0v) is 20.7. The largest absolute Gasteiger partial charge is 0.393 e. The summed E-state index contributed by atoms with van der Waals surface area (Å²) < 4.78 is 0. The van der Waals surface area contributed by atoms with Crippen LogP contribution in [0.4, 0.5) is 0 Å². The van der Waals surface area contributed by atoms with E-state index < -0.39 is 0 Å². The lowest BCUT2D eigenvalue weighted by molar-refractivity contribution is -0.0414. The average molecular weight is 413 g/mol. The van der Waals surface area contributed by atoms with Crippen molar-refractivity contribution < 1.29 is 5.11 Å². The van der Waals surface area contributed by atoms with E-state index in [2.05, 4.69) is 59.8 Å². The lowest BCUT2D eigenvalue weighted by Gasteiger charge is -2.57. The van der Waals surface area contributed by atoms with Gasteiger partial charge in [0.15, 0.2) is 0 Å². The Hall–Kier alpha value is -0.560. The molecule has 1 heteroatoms. The third-order valence-corrected chi connectivity index (χ3v) is 10.7. The highest BCUT2D eigenvalue weighted by atomic mass is 16.3. The van der Waals surface area contributed by atoms with Crippen molar-refractivity contribution in [3.63, 3.8) is 0 Å². The summed E-state index contributed by atoms with van der Waals surface area (Å²) in [5.74, 6) is 5.32.